The molecule has 0 amide bonds. The third-order valence-electron chi connectivity index (χ3n) is 1.95. The maximum atomic E-state index is 12.1. The van der Waals surface area contributed by atoms with Crippen LogP contribution in [0.3, 0.4) is 0 Å². The van der Waals surface area contributed by atoms with Crippen molar-refractivity contribution in [2.45, 2.75) is 40.0 Å². The molecule has 0 aromatic rings. The summed E-state index contributed by atoms with van der Waals surface area (Å²) < 4.78 is 12.1. The summed E-state index contributed by atoms with van der Waals surface area (Å²) in [7, 11) is 0. The molecule has 0 saturated carbocycles. The Morgan fingerprint density at radius 2 is 1.50 bits per heavy atom. The summed E-state index contributed by atoms with van der Waals surface area (Å²) in [6.45, 7) is 5.95. The van der Waals surface area contributed by atoms with E-state index >= 15 is 0 Å². The van der Waals surface area contributed by atoms with Crippen molar-refractivity contribution in [2.24, 2.45) is 0 Å². The van der Waals surface area contributed by atoms with E-state index in [9.17, 15) is 4.39 Å². The van der Waals surface area contributed by atoms with Crippen LogP contribution >= 0.6 is 0 Å². The van der Waals surface area contributed by atoms with Crippen molar-refractivity contribution in [3.63, 3.8) is 0 Å². The lowest BCUT2D eigenvalue weighted by molar-refractivity contribution is 0.559. The third kappa shape index (κ3) is 3.70. The van der Waals surface area contributed by atoms with Gasteiger partial charge in [-0.25, -0.2) is 4.39 Å². The number of hydrogen-bond acceptors (Lipinski definition) is 0. The van der Waals surface area contributed by atoms with Gasteiger partial charge in [-0.05, 0) is 30.4 Å². The average Bonchev–Trinajstić information content (AvgIpc) is 2.11. The number of halogens is 1. The Hall–Kier alpha value is -0.590. The monoisotopic (exact) mass is 170 g/mol. The highest BCUT2D eigenvalue weighted by atomic mass is 19.1. The largest absolute Gasteiger partial charge is 0.247 e. The fourth-order valence-electron chi connectivity index (χ4n) is 1.34. The minimum absolute atomic E-state index is 0.343. The van der Waals surface area contributed by atoms with Crippen molar-refractivity contribution in [1.82, 2.24) is 0 Å². The summed E-state index contributed by atoms with van der Waals surface area (Å²) in [6.07, 6.45) is 6.85. The smallest absolute Gasteiger partial charge is 0.108 e. The molecule has 0 rings (SSSR count). The Morgan fingerprint density at radius 1 is 1.00 bits per heavy atom. The molecule has 0 saturated heterocycles. The van der Waals surface area contributed by atoms with Crippen LogP contribution in [0.25, 0.3) is 0 Å². The van der Waals surface area contributed by atoms with E-state index in [1.807, 2.05) is 0 Å². The van der Waals surface area contributed by atoms with Crippen LogP contribution < -0.4 is 0 Å². The second-order valence-electron chi connectivity index (χ2n) is 2.73. The summed E-state index contributed by atoms with van der Waals surface area (Å²) in [5, 5.41) is 0. The van der Waals surface area contributed by atoms with Gasteiger partial charge in [-0.2, -0.15) is 0 Å². The van der Waals surface area contributed by atoms with Crippen LogP contribution in [0.4, 0.5) is 4.39 Å². The van der Waals surface area contributed by atoms with E-state index in [2.05, 4.69) is 26.8 Å². The molecule has 0 aliphatic heterocycles. The molecular formula is C11H19F. The first kappa shape index (κ1) is 11.4. The Kier molecular flexibility index (Phi) is 6.73. The van der Waals surface area contributed by atoms with Gasteiger partial charge in [0.1, 0.15) is 6.67 Å². The average molecular weight is 170 g/mol. The van der Waals surface area contributed by atoms with Gasteiger partial charge in [0.15, 0.2) is 0 Å². The van der Waals surface area contributed by atoms with Crippen LogP contribution in [0.1, 0.15) is 40.0 Å². The molecular weight excluding hydrogens is 151 g/mol. The summed E-state index contributed by atoms with van der Waals surface area (Å²) in [6, 6.07) is 0. The van der Waals surface area contributed by atoms with Crippen molar-refractivity contribution in [3.05, 3.63) is 23.3 Å². The lowest BCUT2D eigenvalue weighted by Gasteiger charge is -2.06. The van der Waals surface area contributed by atoms with E-state index < -0.39 is 0 Å². The molecule has 0 heterocycles. The van der Waals surface area contributed by atoms with Crippen LogP contribution in [0.2, 0.25) is 0 Å². The highest BCUT2D eigenvalue weighted by Crippen LogP contribution is 2.17. The highest BCUT2D eigenvalue weighted by Gasteiger charge is 1.98. The number of allylic oxidation sites excluding steroid dienone is 4. The molecule has 0 spiro atoms. The first-order chi connectivity index (χ1) is 5.79. The van der Waals surface area contributed by atoms with Crippen LogP contribution in [-0.2, 0) is 0 Å². The van der Waals surface area contributed by atoms with Crippen LogP contribution in [0.15, 0.2) is 23.3 Å². The van der Waals surface area contributed by atoms with Crippen molar-refractivity contribution in [2.75, 3.05) is 6.67 Å². The van der Waals surface area contributed by atoms with Gasteiger partial charge in [0.25, 0.3) is 0 Å². The first-order valence-corrected chi connectivity index (χ1v) is 4.74. The molecule has 0 N–H and O–H groups in total. The van der Waals surface area contributed by atoms with Crippen LogP contribution in [0, 0.1) is 0 Å². The summed E-state index contributed by atoms with van der Waals surface area (Å²) in [5.74, 6) is 0. The van der Waals surface area contributed by atoms with E-state index in [0.717, 1.165) is 19.3 Å². The van der Waals surface area contributed by atoms with Gasteiger partial charge < -0.3 is 0 Å². The zero-order chi connectivity index (χ0) is 9.40. The molecule has 0 aliphatic rings. The SMILES string of the molecule is CC/C=C(CC)\C(=C/CF)CC. The lowest BCUT2D eigenvalue weighted by atomic mass is 10.00. The highest BCUT2D eigenvalue weighted by molar-refractivity contribution is 5.30. The van der Waals surface area contributed by atoms with Gasteiger partial charge in [0.2, 0.25) is 0 Å². The van der Waals surface area contributed by atoms with Crippen molar-refractivity contribution in [1.29, 1.82) is 0 Å². The quantitative estimate of drug-likeness (QED) is 0.546. The van der Waals surface area contributed by atoms with Gasteiger partial charge in [-0.15, -0.1) is 0 Å². The van der Waals surface area contributed by atoms with Gasteiger partial charge in [0.05, 0.1) is 0 Å². The third-order valence-corrected chi connectivity index (χ3v) is 1.95. The molecule has 0 unspecified atom stereocenters. The standard InChI is InChI=1S/C11H19F/c1-4-7-10(5-2)11(6-3)8-9-12/h7-8H,4-6,9H2,1-3H3/b10-7-,11-8-. The van der Waals surface area contributed by atoms with E-state index in [4.69, 9.17) is 0 Å². The molecule has 0 aromatic heterocycles. The van der Waals surface area contributed by atoms with E-state index in [1.165, 1.54) is 11.1 Å². The molecule has 0 fully saturated rings. The molecule has 0 atom stereocenters. The molecule has 0 aromatic carbocycles. The van der Waals surface area contributed by atoms with E-state index in [1.54, 1.807) is 6.08 Å². The summed E-state index contributed by atoms with van der Waals surface area (Å²) in [4.78, 5) is 0. The van der Waals surface area contributed by atoms with Gasteiger partial charge in [0, 0.05) is 0 Å². The van der Waals surface area contributed by atoms with Crippen molar-refractivity contribution in [3.8, 4) is 0 Å². The molecule has 12 heavy (non-hydrogen) atoms. The van der Waals surface area contributed by atoms with E-state index in [-0.39, 0.29) is 6.67 Å². The Balaban J connectivity index is 4.44. The topological polar surface area (TPSA) is 0 Å². The number of hydrogen-bond donors (Lipinski definition) is 0. The van der Waals surface area contributed by atoms with Gasteiger partial charge in [-0.1, -0.05) is 32.9 Å². The zero-order valence-corrected chi connectivity index (χ0v) is 8.36. The molecule has 0 radical (unpaired) electrons. The van der Waals surface area contributed by atoms with Crippen LogP contribution in [-0.4, -0.2) is 6.67 Å². The van der Waals surface area contributed by atoms with E-state index in [0.29, 0.717) is 0 Å². The first-order valence-electron chi connectivity index (χ1n) is 4.74. The van der Waals surface area contributed by atoms with Gasteiger partial charge >= 0.3 is 0 Å². The van der Waals surface area contributed by atoms with Crippen LogP contribution in [0.5, 0.6) is 0 Å². The zero-order valence-electron chi connectivity index (χ0n) is 8.36. The number of rotatable bonds is 5. The molecule has 1 heteroatoms. The van der Waals surface area contributed by atoms with Gasteiger partial charge in [-0.3, -0.25) is 0 Å². The maximum Gasteiger partial charge on any atom is 0.108 e. The number of alkyl halides is 1. The Labute approximate surface area is 75.2 Å². The fraction of sp³-hybridized carbons (Fsp3) is 0.636. The summed E-state index contributed by atoms with van der Waals surface area (Å²) >= 11 is 0. The predicted octanol–water partition coefficient (Wildman–Crippen LogP) is 4.04. The predicted molar refractivity (Wildman–Crippen MR) is 53.0 cm³/mol. The summed E-state index contributed by atoms with van der Waals surface area (Å²) in [5.41, 5.74) is 2.47. The maximum absolute atomic E-state index is 12.1. The second-order valence-corrected chi connectivity index (χ2v) is 2.73. The molecule has 70 valence electrons. The van der Waals surface area contributed by atoms with Crippen molar-refractivity contribution < 1.29 is 4.39 Å². The molecule has 0 aliphatic carbocycles. The Morgan fingerprint density at radius 3 is 1.83 bits per heavy atom. The Bertz CT molecular complexity index is 146. The fourth-order valence-corrected chi connectivity index (χ4v) is 1.34. The molecule has 0 nitrogen and oxygen atoms in total. The minimum atomic E-state index is -0.343. The van der Waals surface area contributed by atoms with Crippen molar-refractivity contribution >= 4 is 0 Å². The lowest BCUT2D eigenvalue weighted by Crippen LogP contribution is -1.88. The normalized spacial score (nSPS) is 13.7. The minimum Gasteiger partial charge on any atom is -0.247 e. The second kappa shape index (κ2) is 7.08. The molecule has 0 bridgehead atoms.